The fourth-order valence-corrected chi connectivity index (χ4v) is 2.87. The number of aliphatic hydroxyl groups is 1. The third-order valence-corrected chi connectivity index (χ3v) is 4.38. The van der Waals surface area contributed by atoms with E-state index >= 15 is 0 Å². The molecule has 0 amide bonds. The van der Waals surface area contributed by atoms with Crippen LogP contribution in [0.25, 0.3) is 0 Å². The van der Waals surface area contributed by atoms with Gasteiger partial charge >= 0.3 is 0 Å². The lowest BCUT2D eigenvalue weighted by atomic mass is 10.2. The van der Waals surface area contributed by atoms with Crippen LogP contribution in [-0.4, -0.2) is 18.5 Å². The molecule has 1 heterocycles. The third-order valence-electron chi connectivity index (χ3n) is 3.08. The smallest absolute Gasteiger partial charge is 0.216 e. The third kappa shape index (κ3) is 4.38. The Morgan fingerprint density at radius 3 is 2.33 bits per heavy atom. The van der Waals surface area contributed by atoms with E-state index in [0.29, 0.717) is 17.2 Å². The Balaban J connectivity index is 1.97. The van der Waals surface area contributed by atoms with Gasteiger partial charge < -0.3 is 9.52 Å². The number of rotatable bonds is 6. The van der Waals surface area contributed by atoms with Gasteiger partial charge in [0.25, 0.3) is 0 Å². The van der Waals surface area contributed by atoms with E-state index in [-0.39, 0.29) is 18.9 Å². The first kappa shape index (κ1) is 15.7. The average Bonchev–Trinajstić information content (AvgIpc) is 2.76. The van der Waals surface area contributed by atoms with E-state index in [0.717, 1.165) is 11.3 Å². The molecule has 21 heavy (non-hydrogen) atoms. The zero-order valence-corrected chi connectivity index (χ0v) is 12.8. The average molecular weight is 310 g/mol. The summed E-state index contributed by atoms with van der Waals surface area (Å²) in [5.74, 6) is 0.908. The van der Waals surface area contributed by atoms with Gasteiger partial charge in [0, 0.05) is 0 Å². The minimum absolute atomic E-state index is 0.0335. The van der Waals surface area contributed by atoms with Crippen molar-refractivity contribution >= 4 is 10.0 Å². The van der Waals surface area contributed by atoms with Crippen molar-refractivity contribution in [3.8, 4) is 0 Å². The van der Waals surface area contributed by atoms with Crippen molar-refractivity contribution in [2.45, 2.75) is 32.8 Å². The Morgan fingerprint density at radius 2 is 1.81 bits per heavy atom. The number of hydrogen-bond donors (Lipinski definition) is 2. The molecule has 0 fully saturated rings. The predicted molar refractivity (Wildman–Crippen MR) is 77.8 cm³/mol. The van der Waals surface area contributed by atoms with E-state index < -0.39 is 10.0 Å². The molecule has 2 rings (SSSR count). The van der Waals surface area contributed by atoms with Gasteiger partial charge in [-0.15, -0.1) is 0 Å². The Labute approximate surface area is 123 Å². The van der Waals surface area contributed by atoms with E-state index in [1.807, 2.05) is 0 Å². The summed E-state index contributed by atoms with van der Waals surface area (Å²) in [6, 6.07) is 6.77. The normalized spacial score (nSPS) is 11.8. The number of aliphatic hydroxyl groups excluding tert-OH is 1. The molecule has 1 aromatic carbocycles. The van der Waals surface area contributed by atoms with Crippen LogP contribution >= 0.6 is 0 Å². The Hall–Kier alpha value is -1.70. The van der Waals surface area contributed by atoms with Crippen LogP contribution in [-0.2, 0) is 28.9 Å². The summed E-state index contributed by atoms with van der Waals surface area (Å²) >= 11 is 0. The summed E-state index contributed by atoms with van der Waals surface area (Å²) in [6.07, 6.45) is 0. The van der Waals surface area contributed by atoms with E-state index in [9.17, 15) is 8.42 Å². The molecular weight excluding hydrogens is 292 g/mol. The highest BCUT2D eigenvalue weighted by atomic mass is 32.2. The zero-order valence-electron chi connectivity index (χ0n) is 12.0. The predicted octanol–water partition coefficient (Wildman–Crippen LogP) is 1.40. The van der Waals surface area contributed by atoms with Crippen LogP contribution in [0.3, 0.4) is 0 Å². The molecule has 6 nitrogen and oxygen atoms in total. The molecule has 0 aliphatic heterocycles. The molecule has 0 radical (unpaired) electrons. The molecular formula is C14H18N2O4S. The fourth-order valence-electron chi connectivity index (χ4n) is 1.80. The molecule has 0 aliphatic rings. The molecule has 7 heteroatoms. The summed E-state index contributed by atoms with van der Waals surface area (Å²) in [7, 11) is -3.47. The Bertz CT molecular complexity index is 686. The molecule has 0 saturated heterocycles. The van der Waals surface area contributed by atoms with Gasteiger partial charge in [-0.25, -0.2) is 18.1 Å². The van der Waals surface area contributed by atoms with Gasteiger partial charge in [0.1, 0.15) is 5.76 Å². The van der Waals surface area contributed by atoms with Crippen LogP contribution in [0.4, 0.5) is 0 Å². The number of nitrogens with zero attached hydrogens (tertiary/aromatic N) is 1. The molecule has 1 aromatic heterocycles. The van der Waals surface area contributed by atoms with Crippen LogP contribution in [0, 0.1) is 13.8 Å². The number of aryl methyl sites for hydroxylation is 2. The monoisotopic (exact) mass is 310 g/mol. The van der Waals surface area contributed by atoms with Crippen molar-refractivity contribution in [3.63, 3.8) is 0 Å². The SMILES string of the molecule is Cc1nc(CNS(=O)(=O)Cc2ccc(CO)cc2)oc1C. The number of nitrogens with one attached hydrogen (secondary N) is 1. The van der Waals surface area contributed by atoms with Crippen LogP contribution in [0.5, 0.6) is 0 Å². The zero-order chi connectivity index (χ0) is 15.5. The molecule has 0 spiro atoms. The first-order valence-electron chi connectivity index (χ1n) is 6.48. The maximum Gasteiger partial charge on any atom is 0.216 e. The summed E-state index contributed by atoms with van der Waals surface area (Å²) < 4.78 is 31.8. The molecule has 0 bridgehead atoms. The molecule has 0 unspecified atom stereocenters. The molecule has 114 valence electrons. The Kier molecular flexibility index (Phi) is 4.76. The minimum atomic E-state index is -3.47. The molecule has 2 N–H and O–H groups in total. The van der Waals surface area contributed by atoms with Gasteiger partial charge in [0.05, 0.1) is 24.6 Å². The van der Waals surface area contributed by atoms with Gasteiger partial charge in [-0.2, -0.15) is 0 Å². The second-order valence-electron chi connectivity index (χ2n) is 4.80. The van der Waals surface area contributed by atoms with E-state index in [2.05, 4.69) is 9.71 Å². The lowest BCUT2D eigenvalue weighted by molar-refractivity contribution is 0.282. The summed E-state index contributed by atoms with van der Waals surface area (Å²) in [5, 5.41) is 8.95. The van der Waals surface area contributed by atoms with Crippen molar-refractivity contribution in [2.24, 2.45) is 0 Å². The second-order valence-corrected chi connectivity index (χ2v) is 6.61. The van der Waals surface area contributed by atoms with E-state index in [1.165, 1.54) is 0 Å². The van der Waals surface area contributed by atoms with Gasteiger partial charge in [-0.3, -0.25) is 0 Å². The van der Waals surface area contributed by atoms with Crippen molar-refractivity contribution in [2.75, 3.05) is 0 Å². The highest BCUT2D eigenvalue weighted by Crippen LogP contribution is 2.10. The minimum Gasteiger partial charge on any atom is -0.444 e. The van der Waals surface area contributed by atoms with Gasteiger partial charge in [0.15, 0.2) is 0 Å². The highest BCUT2D eigenvalue weighted by Gasteiger charge is 2.14. The summed E-state index contributed by atoms with van der Waals surface area (Å²) in [5.41, 5.74) is 2.15. The lowest BCUT2D eigenvalue weighted by Crippen LogP contribution is -2.24. The lowest BCUT2D eigenvalue weighted by Gasteiger charge is -2.05. The standard InChI is InChI=1S/C14H18N2O4S/c1-10-11(2)20-14(16-10)7-15-21(18,19)9-13-5-3-12(8-17)4-6-13/h3-6,15,17H,7-9H2,1-2H3. The maximum atomic E-state index is 12.0. The topological polar surface area (TPSA) is 92.4 Å². The van der Waals surface area contributed by atoms with Crippen LogP contribution < -0.4 is 4.72 Å². The number of aromatic nitrogens is 1. The van der Waals surface area contributed by atoms with Crippen molar-refractivity contribution in [1.29, 1.82) is 0 Å². The maximum absolute atomic E-state index is 12.0. The van der Waals surface area contributed by atoms with Gasteiger partial charge in [-0.1, -0.05) is 24.3 Å². The van der Waals surface area contributed by atoms with Gasteiger partial charge in [-0.05, 0) is 25.0 Å². The van der Waals surface area contributed by atoms with Crippen molar-refractivity contribution < 1.29 is 17.9 Å². The molecule has 0 aliphatic carbocycles. The number of sulfonamides is 1. The number of benzene rings is 1. The highest BCUT2D eigenvalue weighted by molar-refractivity contribution is 7.88. The van der Waals surface area contributed by atoms with Gasteiger partial charge in [0.2, 0.25) is 15.9 Å². The number of hydrogen-bond acceptors (Lipinski definition) is 5. The van der Waals surface area contributed by atoms with Crippen molar-refractivity contribution in [3.05, 3.63) is 52.7 Å². The first-order chi connectivity index (χ1) is 9.89. The summed E-state index contributed by atoms with van der Waals surface area (Å²) in [4.78, 5) is 4.12. The first-order valence-corrected chi connectivity index (χ1v) is 8.14. The summed E-state index contributed by atoms with van der Waals surface area (Å²) in [6.45, 7) is 3.56. The molecule has 0 atom stereocenters. The van der Waals surface area contributed by atoms with Crippen LogP contribution in [0.2, 0.25) is 0 Å². The number of oxazole rings is 1. The molecule has 2 aromatic rings. The van der Waals surface area contributed by atoms with E-state index in [1.54, 1.807) is 38.1 Å². The molecule has 0 saturated carbocycles. The second kappa shape index (κ2) is 6.38. The van der Waals surface area contributed by atoms with E-state index in [4.69, 9.17) is 9.52 Å². The Morgan fingerprint density at radius 1 is 1.19 bits per heavy atom. The van der Waals surface area contributed by atoms with Crippen LogP contribution in [0.1, 0.15) is 28.5 Å². The quantitative estimate of drug-likeness (QED) is 0.841. The van der Waals surface area contributed by atoms with Crippen molar-refractivity contribution in [1.82, 2.24) is 9.71 Å². The fraction of sp³-hybridized carbons (Fsp3) is 0.357. The van der Waals surface area contributed by atoms with Crippen LogP contribution in [0.15, 0.2) is 28.7 Å². The largest absolute Gasteiger partial charge is 0.444 e.